The van der Waals surface area contributed by atoms with Crippen LogP contribution in [0.1, 0.15) is 176 Å². The Bertz CT molecular complexity index is 1400. The minimum absolute atomic E-state index is 0.0972. The number of unbranched alkanes of at least 4 members (excludes halogenated alkanes) is 18. The van der Waals surface area contributed by atoms with Gasteiger partial charge in [-0.05, 0) is 79.8 Å². The van der Waals surface area contributed by atoms with E-state index < -0.39 is 5.97 Å². The highest BCUT2D eigenvalue weighted by Crippen LogP contribution is 2.28. The first-order valence-corrected chi connectivity index (χ1v) is 20.8. The molecule has 0 saturated heterocycles. The summed E-state index contributed by atoms with van der Waals surface area (Å²) in [5.74, 6) is 0.231. The first-order valence-electron chi connectivity index (χ1n) is 20.5. The van der Waals surface area contributed by atoms with Gasteiger partial charge in [-0.3, -0.25) is 0 Å². The van der Waals surface area contributed by atoms with Crippen LogP contribution in [-0.2, 0) is 4.74 Å². The van der Waals surface area contributed by atoms with Crippen LogP contribution >= 0.6 is 11.6 Å². The van der Waals surface area contributed by atoms with Gasteiger partial charge in [-0.15, -0.1) is 0 Å². The van der Waals surface area contributed by atoms with Gasteiger partial charge in [-0.2, -0.15) is 0 Å². The summed E-state index contributed by atoms with van der Waals surface area (Å²) in [6.45, 7) is 7.03. The molecule has 0 aliphatic carbocycles. The van der Waals surface area contributed by atoms with Crippen LogP contribution in [0.5, 0.6) is 11.5 Å². The van der Waals surface area contributed by atoms with E-state index in [1.165, 1.54) is 109 Å². The zero-order valence-corrected chi connectivity index (χ0v) is 33.2. The summed E-state index contributed by atoms with van der Waals surface area (Å²) < 4.78 is 17.1. The Morgan fingerprint density at radius 3 is 1.54 bits per heavy atom. The molecule has 0 amide bonds. The van der Waals surface area contributed by atoms with E-state index in [0.29, 0.717) is 34.3 Å². The van der Waals surface area contributed by atoms with Crippen molar-refractivity contribution < 1.29 is 23.8 Å². The van der Waals surface area contributed by atoms with E-state index in [1.54, 1.807) is 42.5 Å². The van der Waals surface area contributed by atoms with Gasteiger partial charge >= 0.3 is 11.9 Å². The van der Waals surface area contributed by atoms with E-state index >= 15 is 0 Å². The molecule has 52 heavy (non-hydrogen) atoms. The fourth-order valence-electron chi connectivity index (χ4n) is 6.43. The van der Waals surface area contributed by atoms with Gasteiger partial charge < -0.3 is 14.2 Å². The largest absolute Gasteiger partial charge is 0.492 e. The number of benzene rings is 3. The maximum Gasteiger partial charge on any atom is 0.343 e. The second kappa shape index (κ2) is 26.5. The predicted molar refractivity (Wildman–Crippen MR) is 217 cm³/mol. The summed E-state index contributed by atoms with van der Waals surface area (Å²) in [6, 6.07) is 19.7. The molecule has 1 unspecified atom stereocenters. The van der Waals surface area contributed by atoms with Crippen molar-refractivity contribution in [3.05, 3.63) is 82.9 Å². The Morgan fingerprint density at radius 1 is 0.558 bits per heavy atom. The third-order valence-electron chi connectivity index (χ3n) is 9.71. The lowest BCUT2D eigenvalue weighted by molar-refractivity contribution is 0.0319. The fourth-order valence-corrected chi connectivity index (χ4v) is 6.66. The molecule has 0 N–H and O–H groups in total. The quantitative estimate of drug-likeness (QED) is 0.0422. The molecular formula is C46H65ClO5. The average Bonchev–Trinajstić information content (AvgIpc) is 3.15. The smallest absolute Gasteiger partial charge is 0.343 e. The number of rotatable bonds is 28. The van der Waals surface area contributed by atoms with Crippen LogP contribution in [0, 0.1) is 0 Å². The molecule has 0 aliphatic heterocycles. The molecule has 286 valence electrons. The minimum Gasteiger partial charge on any atom is -0.492 e. The monoisotopic (exact) mass is 732 g/mol. The maximum absolute atomic E-state index is 12.9. The van der Waals surface area contributed by atoms with Crippen LogP contribution in [0.15, 0.2) is 66.7 Å². The van der Waals surface area contributed by atoms with Crippen LogP contribution in [-0.4, -0.2) is 24.6 Å². The first-order chi connectivity index (χ1) is 25.4. The van der Waals surface area contributed by atoms with Crippen molar-refractivity contribution in [3.63, 3.8) is 0 Å². The molecule has 1 atom stereocenters. The lowest BCUT2D eigenvalue weighted by Crippen LogP contribution is -2.15. The predicted octanol–water partition coefficient (Wildman–Crippen LogP) is 14.4. The van der Waals surface area contributed by atoms with Crippen molar-refractivity contribution >= 4 is 23.5 Å². The van der Waals surface area contributed by atoms with Crippen molar-refractivity contribution in [2.45, 2.75) is 162 Å². The van der Waals surface area contributed by atoms with E-state index in [-0.39, 0.29) is 12.1 Å². The number of carbonyl (C=O) groups is 2. The molecule has 3 aromatic rings. The van der Waals surface area contributed by atoms with Crippen molar-refractivity contribution in [3.8, 4) is 22.6 Å². The van der Waals surface area contributed by atoms with Crippen LogP contribution in [0.3, 0.4) is 0 Å². The topological polar surface area (TPSA) is 61.8 Å². The number of hydrogen-bond acceptors (Lipinski definition) is 5. The third-order valence-corrected chi connectivity index (χ3v) is 10.0. The Kier molecular flexibility index (Phi) is 21.9. The lowest BCUT2D eigenvalue weighted by Gasteiger charge is -2.13. The number of ether oxygens (including phenoxy) is 3. The van der Waals surface area contributed by atoms with E-state index in [2.05, 4.69) is 13.8 Å². The molecule has 6 heteroatoms. The summed E-state index contributed by atoms with van der Waals surface area (Å²) in [7, 11) is 0. The summed E-state index contributed by atoms with van der Waals surface area (Å²) in [6.07, 6.45) is 26.8. The normalized spacial score (nSPS) is 11.7. The van der Waals surface area contributed by atoms with Gasteiger partial charge in [0.1, 0.15) is 11.5 Å². The molecule has 5 nitrogen and oxygen atoms in total. The highest BCUT2D eigenvalue weighted by molar-refractivity contribution is 6.32. The molecule has 0 fully saturated rings. The highest BCUT2D eigenvalue weighted by Gasteiger charge is 2.14. The average molecular weight is 733 g/mol. The van der Waals surface area contributed by atoms with Crippen molar-refractivity contribution in [2.75, 3.05) is 6.61 Å². The Balaban J connectivity index is 1.29. The summed E-state index contributed by atoms with van der Waals surface area (Å²) in [5, 5.41) is 0.398. The van der Waals surface area contributed by atoms with Crippen LogP contribution < -0.4 is 9.47 Å². The lowest BCUT2D eigenvalue weighted by atomic mass is 10.0. The van der Waals surface area contributed by atoms with E-state index in [1.807, 2.05) is 31.2 Å². The summed E-state index contributed by atoms with van der Waals surface area (Å²) in [4.78, 5) is 25.4. The minimum atomic E-state index is -0.485. The van der Waals surface area contributed by atoms with Crippen LogP contribution in [0.4, 0.5) is 0 Å². The second-order valence-electron chi connectivity index (χ2n) is 14.4. The molecule has 0 heterocycles. The Hall–Kier alpha value is -3.31. The van der Waals surface area contributed by atoms with Crippen molar-refractivity contribution in [1.82, 2.24) is 0 Å². The number of halogens is 1. The Labute approximate surface area is 320 Å². The molecule has 0 bridgehead atoms. The van der Waals surface area contributed by atoms with Crippen molar-refractivity contribution in [2.24, 2.45) is 0 Å². The number of carbonyl (C=O) groups excluding carboxylic acids is 2. The highest BCUT2D eigenvalue weighted by atomic mass is 35.5. The van der Waals surface area contributed by atoms with Gasteiger partial charge in [0.2, 0.25) is 0 Å². The summed E-state index contributed by atoms with van der Waals surface area (Å²) >= 11 is 6.47. The Morgan fingerprint density at radius 2 is 1.02 bits per heavy atom. The van der Waals surface area contributed by atoms with E-state index in [0.717, 1.165) is 36.8 Å². The zero-order valence-electron chi connectivity index (χ0n) is 32.4. The van der Waals surface area contributed by atoms with E-state index in [4.69, 9.17) is 25.8 Å². The van der Waals surface area contributed by atoms with E-state index in [9.17, 15) is 9.59 Å². The van der Waals surface area contributed by atoms with Gasteiger partial charge in [-0.25, -0.2) is 9.59 Å². The molecule has 0 aliphatic rings. The maximum atomic E-state index is 12.9. The zero-order chi connectivity index (χ0) is 37.2. The molecule has 0 radical (unpaired) electrons. The SMILES string of the molecule is CCCCCCCCCCCCCCCCCCOc1ccc(C(=O)Oc2ccc(-c3ccc(C(=O)OC(C)CCCCCC)cc3)cc2)cc1Cl. The molecule has 0 aromatic heterocycles. The standard InChI is InChI=1S/C46H65ClO5/c1-4-6-8-10-11-12-13-14-15-16-17-18-19-20-21-23-35-50-44-34-31-41(36-43(44)47)46(49)52-42-32-29-39(30-33-42)38-25-27-40(28-26-38)45(48)51-37(3)24-22-9-7-5-2/h25-34,36-37H,4-24,35H2,1-3H3. The van der Waals surface area contributed by atoms with Gasteiger partial charge in [-0.1, -0.05) is 165 Å². The molecule has 3 rings (SSSR count). The van der Waals surface area contributed by atoms with Gasteiger partial charge in [0, 0.05) is 0 Å². The van der Waals surface area contributed by atoms with Crippen LogP contribution in [0.2, 0.25) is 5.02 Å². The van der Waals surface area contributed by atoms with Gasteiger partial charge in [0.05, 0.1) is 28.9 Å². The fraction of sp³-hybridized carbons (Fsp3) is 0.565. The molecular weight excluding hydrogens is 668 g/mol. The van der Waals surface area contributed by atoms with Gasteiger partial charge in [0.15, 0.2) is 0 Å². The third kappa shape index (κ3) is 17.5. The molecule has 0 saturated carbocycles. The first kappa shape index (κ1) is 43.1. The van der Waals surface area contributed by atoms with Crippen molar-refractivity contribution in [1.29, 1.82) is 0 Å². The summed E-state index contributed by atoms with van der Waals surface area (Å²) in [5.41, 5.74) is 2.79. The second-order valence-corrected chi connectivity index (χ2v) is 14.8. The molecule has 0 spiro atoms. The number of hydrogen-bond donors (Lipinski definition) is 0. The van der Waals surface area contributed by atoms with Gasteiger partial charge in [0.25, 0.3) is 0 Å². The van der Waals surface area contributed by atoms with Crippen LogP contribution in [0.25, 0.3) is 11.1 Å². The molecule has 3 aromatic carbocycles. The number of esters is 2.